The normalized spacial score (nSPS) is 16.4. The lowest BCUT2D eigenvalue weighted by atomic mass is 9.72. The van der Waals surface area contributed by atoms with Gasteiger partial charge in [-0.3, -0.25) is 0 Å². The van der Waals surface area contributed by atoms with Crippen molar-refractivity contribution in [2.45, 2.75) is 52.0 Å². The van der Waals surface area contributed by atoms with E-state index in [4.69, 9.17) is 4.99 Å². The molecule has 0 aromatic heterocycles. The van der Waals surface area contributed by atoms with Crippen molar-refractivity contribution in [1.82, 2.24) is 10.6 Å². The minimum absolute atomic E-state index is 0. The number of aliphatic hydroxyl groups excluding tert-OH is 1. The highest BCUT2D eigenvalue weighted by molar-refractivity contribution is 14.0. The van der Waals surface area contributed by atoms with E-state index >= 15 is 0 Å². The lowest BCUT2D eigenvalue weighted by molar-refractivity contribution is 0.131. The van der Waals surface area contributed by atoms with Gasteiger partial charge in [0.15, 0.2) is 5.96 Å². The quantitative estimate of drug-likeness (QED) is 0.296. The molecule has 1 fully saturated rings. The zero-order valence-corrected chi connectivity index (χ0v) is 19.5. The third-order valence-corrected chi connectivity index (χ3v) is 5.38. The van der Waals surface area contributed by atoms with Crippen LogP contribution in [0.1, 0.15) is 51.0 Å². The molecular formula is C21H37IN4O. The molecule has 0 bridgehead atoms. The zero-order chi connectivity index (χ0) is 18.8. The summed E-state index contributed by atoms with van der Waals surface area (Å²) in [6, 6.07) is 8.49. The number of benzene rings is 1. The number of aliphatic imine (C=N–C) groups is 1. The van der Waals surface area contributed by atoms with Gasteiger partial charge in [0.1, 0.15) is 0 Å². The van der Waals surface area contributed by atoms with Gasteiger partial charge in [-0.05, 0) is 49.3 Å². The first-order chi connectivity index (χ1) is 12.6. The van der Waals surface area contributed by atoms with E-state index in [0.29, 0.717) is 6.54 Å². The molecule has 3 N–H and O–H groups in total. The Morgan fingerprint density at radius 1 is 1.19 bits per heavy atom. The molecular weight excluding hydrogens is 451 g/mol. The summed E-state index contributed by atoms with van der Waals surface area (Å²) in [5.41, 5.74) is 2.62. The maximum absolute atomic E-state index is 9.50. The SMILES string of the molecule is CCNC(=NCc1cccc(N(C)C)c1)NCC1(CCO)CCCCC1.I. The molecule has 154 valence electrons. The first-order valence-corrected chi connectivity index (χ1v) is 9.98. The molecule has 1 aromatic rings. The number of hydrogen-bond acceptors (Lipinski definition) is 3. The first-order valence-electron chi connectivity index (χ1n) is 9.98. The molecule has 5 nitrogen and oxygen atoms in total. The largest absolute Gasteiger partial charge is 0.396 e. The molecule has 0 heterocycles. The highest BCUT2D eigenvalue weighted by Crippen LogP contribution is 2.38. The Balaban J connectivity index is 0.00000364. The van der Waals surface area contributed by atoms with Crippen LogP contribution >= 0.6 is 24.0 Å². The summed E-state index contributed by atoms with van der Waals surface area (Å²) >= 11 is 0. The number of nitrogens with one attached hydrogen (secondary N) is 2. The topological polar surface area (TPSA) is 59.9 Å². The third kappa shape index (κ3) is 7.86. The van der Waals surface area contributed by atoms with Crippen molar-refractivity contribution in [3.05, 3.63) is 29.8 Å². The molecule has 1 saturated carbocycles. The summed E-state index contributed by atoms with van der Waals surface area (Å²) in [6.07, 6.45) is 7.14. The molecule has 1 aliphatic carbocycles. The Morgan fingerprint density at radius 3 is 2.56 bits per heavy atom. The minimum Gasteiger partial charge on any atom is -0.396 e. The number of halogens is 1. The first kappa shape index (κ1) is 24.0. The fourth-order valence-corrected chi connectivity index (χ4v) is 3.77. The smallest absolute Gasteiger partial charge is 0.191 e. The molecule has 1 aliphatic rings. The zero-order valence-electron chi connectivity index (χ0n) is 17.1. The average Bonchev–Trinajstić information content (AvgIpc) is 2.65. The Labute approximate surface area is 182 Å². The predicted octanol–water partition coefficient (Wildman–Crippen LogP) is 3.76. The van der Waals surface area contributed by atoms with Gasteiger partial charge in [0.05, 0.1) is 6.54 Å². The second kappa shape index (κ2) is 12.4. The molecule has 1 aromatic carbocycles. The van der Waals surface area contributed by atoms with Crippen LogP contribution in [0.4, 0.5) is 5.69 Å². The summed E-state index contributed by atoms with van der Waals surface area (Å²) < 4.78 is 0. The minimum atomic E-state index is 0. The van der Waals surface area contributed by atoms with E-state index in [0.717, 1.165) is 25.5 Å². The number of aliphatic hydroxyl groups is 1. The van der Waals surface area contributed by atoms with E-state index in [1.54, 1.807) is 0 Å². The lowest BCUT2D eigenvalue weighted by Crippen LogP contribution is -2.44. The van der Waals surface area contributed by atoms with E-state index < -0.39 is 0 Å². The number of rotatable bonds is 8. The molecule has 0 spiro atoms. The highest BCUT2D eigenvalue weighted by atomic mass is 127. The van der Waals surface area contributed by atoms with Crippen molar-refractivity contribution < 1.29 is 5.11 Å². The molecule has 0 amide bonds. The number of hydrogen-bond donors (Lipinski definition) is 3. The van der Waals surface area contributed by atoms with Gasteiger partial charge in [-0.1, -0.05) is 31.4 Å². The number of anilines is 1. The Bertz CT molecular complexity index is 566. The summed E-state index contributed by atoms with van der Waals surface area (Å²) in [6.45, 7) is 4.75. The van der Waals surface area contributed by atoms with Crippen molar-refractivity contribution in [1.29, 1.82) is 0 Å². The van der Waals surface area contributed by atoms with Crippen LogP contribution in [0.15, 0.2) is 29.3 Å². The van der Waals surface area contributed by atoms with Gasteiger partial charge >= 0.3 is 0 Å². The van der Waals surface area contributed by atoms with E-state index in [1.165, 1.54) is 43.4 Å². The van der Waals surface area contributed by atoms with Crippen LogP contribution in [0, 0.1) is 5.41 Å². The monoisotopic (exact) mass is 488 g/mol. The van der Waals surface area contributed by atoms with Gasteiger partial charge in [-0.2, -0.15) is 0 Å². The Kier molecular flexibility index (Phi) is 11.1. The van der Waals surface area contributed by atoms with Gasteiger partial charge in [-0.15, -0.1) is 24.0 Å². The van der Waals surface area contributed by atoms with Crippen molar-refractivity contribution in [3.8, 4) is 0 Å². The molecule has 27 heavy (non-hydrogen) atoms. The van der Waals surface area contributed by atoms with E-state index in [-0.39, 0.29) is 36.0 Å². The number of nitrogens with zero attached hydrogens (tertiary/aromatic N) is 2. The lowest BCUT2D eigenvalue weighted by Gasteiger charge is -2.37. The maximum atomic E-state index is 9.50. The highest BCUT2D eigenvalue weighted by Gasteiger charge is 2.31. The molecule has 0 radical (unpaired) electrons. The summed E-state index contributed by atoms with van der Waals surface area (Å²) in [5, 5.41) is 16.4. The van der Waals surface area contributed by atoms with Gasteiger partial charge < -0.3 is 20.6 Å². The van der Waals surface area contributed by atoms with Gasteiger partial charge in [0.2, 0.25) is 0 Å². The molecule has 6 heteroatoms. The van der Waals surface area contributed by atoms with Crippen LogP contribution in [0.25, 0.3) is 0 Å². The summed E-state index contributed by atoms with van der Waals surface area (Å²) in [4.78, 5) is 6.88. The van der Waals surface area contributed by atoms with E-state index in [9.17, 15) is 5.11 Å². The Morgan fingerprint density at radius 2 is 1.93 bits per heavy atom. The average molecular weight is 488 g/mol. The van der Waals surface area contributed by atoms with Gasteiger partial charge in [0.25, 0.3) is 0 Å². The van der Waals surface area contributed by atoms with Crippen molar-refractivity contribution in [2.75, 3.05) is 38.7 Å². The molecule has 0 saturated heterocycles. The molecule has 0 aliphatic heterocycles. The second-order valence-electron chi connectivity index (χ2n) is 7.65. The van der Waals surface area contributed by atoms with Crippen LogP contribution in [-0.2, 0) is 6.54 Å². The van der Waals surface area contributed by atoms with Gasteiger partial charge in [-0.25, -0.2) is 4.99 Å². The third-order valence-electron chi connectivity index (χ3n) is 5.38. The molecule has 2 rings (SSSR count). The predicted molar refractivity (Wildman–Crippen MR) is 126 cm³/mol. The van der Waals surface area contributed by atoms with Crippen LogP contribution < -0.4 is 15.5 Å². The van der Waals surface area contributed by atoms with Crippen molar-refractivity contribution in [3.63, 3.8) is 0 Å². The summed E-state index contributed by atoms with van der Waals surface area (Å²) in [5.74, 6) is 0.866. The van der Waals surface area contributed by atoms with Gasteiger partial charge in [0, 0.05) is 39.5 Å². The van der Waals surface area contributed by atoms with Crippen LogP contribution in [0.5, 0.6) is 0 Å². The summed E-state index contributed by atoms with van der Waals surface area (Å²) in [7, 11) is 4.11. The second-order valence-corrected chi connectivity index (χ2v) is 7.65. The van der Waals surface area contributed by atoms with Crippen molar-refractivity contribution in [2.24, 2.45) is 10.4 Å². The maximum Gasteiger partial charge on any atom is 0.191 e. The van der Waals surface area contributed by atoms with Crippen LogP contribution in [-0.4, -0.2) is 44.9 Å². The van der Waals surface area contributed by atoms with E-state index in [2.05, 4.69) is 60.8 Å². The van der Waals surface area contributed by atoms with Crippen LogP contribution in [0.2, 0.25) is 0 Å². The van der Waals surface area contributed by atoms with Crippen LogP contribution in [0.3, 0.4) is 0 Å². The fourth-order valence-electron chi connectivity index (χ4n) is 3.77. The standard InChI is InChI=1S/C21H36N4O.HI/c1-4-22-20(23-16-18-9-8-10-19(15-18)25(2)3)24-17-21(13-14-26)11-6-5-7-12-21;/h8-10,15,26H,4-7,11-14,16-17H2,1-3H3,(H2,22,23,24);1H. The fraction of sp³-hybridized carbons (Fsp3) is 0.667. The Hall–Kier alpha value is -1.02. The van der Waals surface area contributed by atoms with Crippen molar-refractivity contribution >= 4 is 35.6 Å². The molecule has 0 unspecified atom stereocenters. The molecule has 0 atom stereocenters. The number of guanidine groups is 1. The van der Waals surface area contributed by atoms with E-state index in [1.807, 2.05) is 0 Å².